The standard InChI is InChI=1S/C13H25N3O/c1-2-10-4-3-7-16(9-10)11-5-6-13(15,8-11)12(14)17/h10-11H,2-9,15H2,1H3,(H2,14,17). The van der Waals surface area contributed by atoms with Crippen molar-refractivity contribution >= 4 is 5.91 Å². The highest BCUT2D eigenvalue weighted by Crippen LogP contribution is 2.33. The lowest BCUT2D eigenvalue weighted by Gasteiger charge is -2.37. The van der Waals surface area contributed by atoms with Gasteiger partial charge in [0.05, 0.1) is 5.54 Å². The summed E-state index contributed by atoms with van der Waals surface area (Å²) in [5.74, 6) is 0.495. The van der Waals surface area contributed by atoms with Gasteiger partial charge in [-0.25, -0.2) is 0 Å². The normalized spacial score (nSPS) is 39.4. The molecule has 3 atom stereocenters. The van der Waals surface area contributed by atoms with E-state index in [0.717, 1.165) is 31.7 Å². The van der Waals surface area contributed by atoms with Crippen LogP contribution in [0, 0.1) is 5.92 Å². The van der Waals surface area contributed by atoms with Gasteiger partial charge in [0, 0.05) is 12.6 Å². The van der Waals surface area contributed by atoms with Crippen molar-refractivity contribution in [2.24, 2.45) is 17.4 Å². The highest BCUT2D eigenvalue weighted by molar-refractivity contribution is 5.84. The Labute approximate surface area is 104 Å². The molecule has 0 spiro atoms. The van der Waals surface area contributed by atoms with Gasteiger partial charge in [-0.15, -0.1) is 0 Å². The van der Waals surface area contributed by atoms with E-state index in [-0.39, 0.29) is 5.91 Å². The summed E-state index contributed by atoms with van der Waals surface area (Å²) in [6.07, 6.45) is 6.41. The summed E-state index contributed by atoms with van der Waals surface area (Å²) < 4.78 is 0. The number of piperidine rings is 1. The third kappa shape index (κ3) is 2.63. The Morgan fingerprint density at radius 2 is 2.24 bits per heavy atom. The molecule has 1 heterocycles. The summed E-state index contributed by atoms with van der Waals surface area (Å²) in [6.45, 7) is 4.60. The highest BCUT2D eigenvalue weighted by atomic mass is 16.1. The van der Waals surface area contributed by atoms with Gasteiger partial charge in [-0.05, 0) is 44.6 Å². The second-order valence-corrected chi connectivity index (χ2v) is 5.83. The third-order valence-electron chi connectivity index (χ3n) is 4.66. The third-order valence-corrected chi connectivity index (χ3v) is 4.66. The maximum Gasteiger partial charge on any atom is 0.237 e. The number of nitrogens with zero attached hydrogens (tertiary/aromatic N) is 1. The number of hydrogen-bond acceptors (Lipinski definition) is 3. The van der Waals surface area contributed by atoms with Crippen LogP contribution in [0.3, 0.4) is 0 Å². The van der Waals surface area contributed by atoms with E-state index in [0.29, 0.717) is 6.04 Å². The number of hydrogen-bond donors (Lipinski definition) is 2. The van der Waals surface area contributed by atoms with Gasteiger partial charge in [-0.3, -0.25) is 4.79 Å². The SMILES string of the molecule is CCC1CCCN(C2CCC(N)(C(N)=O)C2)C1. The van der Waals surface area contributed by atoms with E-state index in [1.54, 1.807) is 0 Å². The largest absolute Gasteiger partial charge is 0.368 e. The van der Waals surface area contributed by atoms with Crippen LogP contribution in [-0.2, 0) is 4.79 Å². The summed E-state index contributed by atoms with van der Waals surface area (Å²) in [5, 5.41) is 0. The zero-order valence-corrected chi connectivity index (χ0v) is 10.8. The van der Waals surface area contributed by atoms with E-state index in [2.05, 4.69) is 11.8 Å². The number of primary amides is 1. The molecule has 0 bridgehead atoms. The molecule has 1 saturated carbocycles. The monoisotopic (exact) mass is 239 g/mol. The van der Waals surface area contributed by atoms with Crippen LogP contribution in [0.1, 0.15) is 45.4 Å². The summed E-state index contributed by atoms with van der Waals surface area (Å²) in [5.41, 5.74) is 10.7. The molecule has 0 aromatic heterocycles. The minimum atomic E-state index is -0.746. The van der Waals surface area contributed by atoms with Crippen molar-refractivity contribution in [3.8, 4) is 0 Å². The Morgan fingerprint density at radius 3 is 2.82 bits per heavy atom. The number of carbonyl (C=O) groups is 1. The average Bonchev–Trinajstić information content (AvgIpc) is 2.74. The van der Waals surface area contributed by atoms with Crippen molar-refractivity contribution in [2.45, 2.75) is 57.0 Å². The van der Waals surface area contributed by atoms with Crippen molar-refractivity contribution in [3.63, 3.8) is 0 Å². The van der Waals surface area contributed by atoms with E-state index < -0.39 is 5.54 Å². The number of amides is 1. The Hall–Kier alpha value is -0.610. The second-order valence-electron chi connectivity index (χ2n) is 5.83. The van der Waals surface area contributed by atoms with Gasteiger partial charge in [0.2, 0.25) is 5.91 Å². The number of rotatable bonds is 3. The van der Waals surface area contributed by atoms with Gasteiger partial charge in [0.15, 0.2) is 0 Å². The first kappa shape index (κ1) is 12.8. The van der Waals surface area contributed by atoms with E-state index >= 15 is 0 Å². The number of likely N-dealkylation sites (tertiary alicyclic amines) is 1. The molecule has 4 heteroatoms. The van der Waals surface area contributed by atoms with Crippen LogP contribution < -0.4 is 11.5 Å². The van der Waals surface area contributed by atoms with Crippen LogP contribution in [-0.4, -0.2) is 35.5 Å². The summed E-state index contributed by atoms with van der Waals surface area (Å²) in [7, 11) is 0. The van der Waals surface area contributed by atoms with Crippen LogP contribution in [0.5, 0.6) is 0 Å². The molecule has 1 saturated heterocycles. The fourth-order valence-corrected chi connectivity index (χ4v) is 3.35. The zero-order valence-electron chi connectivity index (χ0n) is 10.8. The summed E-state index contributed by atoms with van der Waals surface area (Å²) in [4.78, 5) is 13.9. The molecule has 2 rings (SSSR count). The predicted molar refractivity (Wildman–Crippen MR) is 68.3 cm³/mol. The molecule has 4 N–H and O–H groups in total. The Kier molecular flexibility index (Phi) is 3.73. The molecule has 3 unspecified atom stereocenters. The summed E-state index contributed by atoms with van der Waals surface area (Å²) in [6, 6.07) is 0.474. The van der Waals surface area contributed by atoms with Crippen molar-refractivity contribution in [3.05, 3.63) is 0 Å². The Bertz CT molecular complexity index is 294. The molecule has 1 aliphatic heterocycles. The van der Waals surface area contributed by atoms with Gasteiger partial charge < -0.3 is 16.4 Å². The van der Waals surface area contributed by atoms with Gasteiger partial charge in [0.25, 0.3) is 0 Å². The van der Waals surface area contributed by atoms with Gasteiger partial charge >= 0.3 is 0 Å². The lowest BCUT2D eigenvalue weighted by atomic mass is 9.93. The summed E-state index contributed by atoms with van der Waals surface area (Å²) >= 11 is 0. The molecule has 1 aliphatic carbocycles. The quantitative estimate of drug-likeness (QED) is 0.766. The van der Waals surface area contributed by atoms with E-state index in [1.165, 1.54) is 25.8 Å². The molecule has 2 aliphatic rings. The molecule has 0 aromatic rings. The molecule has 17 heavy (non-hydrogen) atoms. The van der Waals surface area contributed by atoms with Crippen LogP contribution in [0.2, 0.25) is 0 Å². The van der Waals surface area contributed by atoms with E-state index in [9.17, 15) is 4.79 Å². The lowest BCUT2D eigenvalue weighted by molar-refractivity contribution is -0.123. The molecular formula is C13H25N3O. The molecular weight excluding hydrogens is 214 g/mol. The average molecular weight is 239 g/mol. The van der Waals surface area contributed by atoms with E-state index in [1.807, 2.05) is 0 Å². The maximum atomic E-state index is 11.4. The first-order valence-electron chi connectivity index (χ1n) is 6.88. The highest BCUT2D eigenvalue weighted by Gasteiger charge is 2.43. The van der Waals surface area contributed by atoms with Crippen LogP contribution in [0.4, 0.5) is 0 Å². The van der Waals surface area contributed by atoms with Crippen LogP contribution in [0.15, 0.2) is 0 Å². The Balaban J connectivity index is 1.94. The second kappa shape index (κ2) is 4.94. The van der Waals surface area contributed by atoms with Crippen molar-refractivity contribution in [2.75, 3.05) is 13.1 Å². The van der Waals surface area contributed by atoms with Crippen molar-refractivity contribution in [1.82, 2.24) is 4.90 Å². The first-order chi connectivity index (χ1) is 8.05. The van der Waals surface area contributed by atoms with Gasteiger partial charge in [-0.2, -0.15) is 0 Å². The van der Waals surface area contributed by atoms with Crippen LogP contribution >= 0.6 is 0 Å². The lowest BCUT2D eigenvalue weighted by Crippen LogP contribution is -2.51. The molecule has 2 fully saturated rings. The molecule has 1 amide bonds. The van der Waals surface area contributed by atoms with Crippen molar-refractivity contribution < 1.29 is 4.79 Å². The smallest absolute Gasteiger partial charge is 0.237 e. The van der Waals surface area contributed by atoms with Gasteiger partial charge in [0.1, 0.15) is 0 Å². The zero-order chi connectivity index (χ0) is 12.5. The minimum Gasteiger partial charge on any atom is -0.368 e. The molecule has 0 aromatic carbocycles. The van der Waals surface area contributed by atoms with E-state index in [4.69, 9.17) is 11.5 Å². The fraction of sp³-hybridized carbons (Fsp3) is 0.923. The van der Waals surface area contributed by atoms with Crippen LogP contribution in [0.25, 0.3) is 0 Å². The Morgan fingerprint density at radius 1 is 1.47 bits per heavy atom. The topological polar surface area (TPSA) is 72.3 Å². The fourth-order valence-electron chi connectivity index (χ4n) is 3.35. The number of carbonyl (C=O) groups excluding carboxylic acids is 1. The molecule has 4 nitrogen and oxygen atoms in total. The maximum absolute atomic E-state index is 11.4. The van der Waals surface area contributed by atoms with Crippen molar-refractivity contribution in [1.29, 1.82) is 0 Å². The molecule has 0 radical (unpaired) electrons. The number of nitrogens with two attached hydrogens (primary N) is 2. The first-order valence-corrected chi connectivity index (χ1v) is 6.88. The predicted octanol–water partition coefficient (Wildman–Crippen LogP) is 0.844. The van der Waals surface area contributed by atoms with Gasteiger partial charge in [-0.1, -0.05) is 13.3 Å². The molecule has 98 valence electrons. The minimum absolute atomic E-state index is 0.330.